The molecule has 2 aromatic carbocycles. The van der Waals surface area contributed by atoms with Gasteiger partial charge in [-0.05, 0) is 49.7 Å². The van der Waals surface area contributed by atoms with Crippen LogP contribution in [0.2, 0.25) is 0 Å². The molecule has 3 rings (SSSR count). The molecule has 8 heteroatoms. The minimum absolute atomic E-state index is 0.108. The van der Waals surface area contributed by atoms with Gasteiger partial charge in [-0.1, -0.05) is 12.1 Å². The van der Waals surface area contributed by atoms with Crippen molar-refractivity contribution in [2.24, 2.45) is 0 Å². The SMILES string of the molecule is COc1ccc(NC(=O)[C@@H](C)OC(=O)CCCc2nc3ccccc3c(=O)[nH]2)cc1. The third-order valence-corrected chi connectivity index (χ3v) is 4.49. The normalized spacial score (nSPS) is 11.7. The number of benzene rings is 2. The highest BCUT2D eigenvalue weighted by molar-refractivity contribution is 5.95. The van der Waals surface area contributed by atoms with E-state index in [4.69, 9.17) is 9.47 Å². The van der Waals surface area contributed by atoms with Crippen LogP contribution in [0.15, 0.2) is 53.3 Å². The first-order valence-corrected chi connectivity index (χ1v) is 9.58. The molecule has 0 spiro atoms. The molecule has 8 nitrogen and oxygen atoms in total. The zero-order chi connectivity index (χ0) is 21.5. The summed E-state index contributed by atoms with van der Waals surface area (Å²) in [6.45, 7) is 1.51. The van der Waals surface area contributed by atoms with E-state index < -0.39 is 18.0 Å². The summed E-state index contributed by atoms with van der Waals surface area (Å²) in [5.74, 6) is 0.274. The average molecular weight is 409 g/mol. The number of nitrogens with zero attached hydrogens (tertiary/aromatic N) is 1. The molecule has 1 aromatic heterocycles. The molecule has 30 heavy (non-hydrogen) atoms. The molecule has 0 aliphatic carbocycles. The van der Waals surface area contributed by atoms with Crippen LogP contribution in [0.5, 0.6) is 5.75 Å². The van der Waals surface area contributed by atoms with Gasteiger partial charge in [0.2, 0.25) is 0 Å². The molecule has 0 saturated heterocycles. The summed E-state index contributed by atoms with van der Waals surface area (Å²) >= 11 is 0. The lowest BCUT2D eigenvalue weighted by atomic mass is 10.2. The lowest BCUT2D eigenvalue weighted by molar-refractivity contribution is -0.153. The maximum absolute atomic E-state index is 12.2. The fourth-order valence-corrected chi connectivity index (χ4v) is 2.88. The second kappa shape index (κ2) is 9.69. The van der Waals surface area contributed by atoms with Crippen molar-refractivity contribution in [3.8, 4) is 5.75 Å². The Morgan fingerprint density at radius 1 is 1.13 bits per heavy atom. The molecule has 2 N–H and O–H groups in total. The molecule has 0 unspecified atom stereocenters. The lowest BCUT2D eigenvalue weighted by Crippen LogP contribution is -2.29. The monoisotopic (exact) mass is 409 g/mol. The highest BCUT2D eigenvalue weighted by Crippen LogP contribution is 2.15. The van der Waals surface area contributed by atoms with Crippen LogP contribution in [0.1, 0.15) is 25.6 Å². The van der Waals surface area contributed by atoms with E-state index in [2.05, 4.69) is 15.3 Å². The van der Waals surface area contributed by atoms with E-state index in [9.17, 15) is 14.4 Å². The van der Waals surface area contributed by atoms with Crippen LogP contribution >= 0.6 is 0 Å². The highest BCUT2D eigenvalue weighted by Gasteiger charge is 2.18. The van der Waals surface area contributed by atoms with Gasteiger partial charge in [0, 0.05) is 18.5 Å². The number of amides is 1. The number of hydrogen-bond donors (Lipinski definition) is 2. The Morgan fingerprint density at radius 3 is 2.60 bits per heavy atom. The van der Waals surface area contributed by atoms with E-state index in [0.717, 1.165) is 0 Å². The second-order valence-corrected chi connectivity index (χ2v) is 6.73. The predicted molar refractivity (Wildman–Crippen MR) is 112 cm³/mol. The maximum Gasteiger partial charge on any atom is 0.306 e. The van der Waals surface area contributed by atoms with Crippen molar-refractivity contribution in [3.05, 3.63) is 64.7 Å². The molecule has 0 saturated carbocycles. The molecule has 0 bridgehead atoms. The number of para-hydroxylation sites is 1. The van der Waals surface area contributed by atoms with Crippen LogP contribution < -0.4 is 15.6 Å². The number of carbonyl (C=O) groups excluding carboxylic acids is 2. The number of anilines is 1. The van der Waals surface area contributed by atoms with Crippen LogP contribution in [0, 0.1) is 0 Å². The zero-order valence-corrected chi connectivity index (χ0v) is 16.8. The summed E-state index contributed by atoms with van der Waals surface area (Å²) in [4.78, 5) is 43.4. The largest absolute Gasteiger partial charge is 0.497 e. The number of aryl methyl sites for hydroxylation is 1. The molecule has 1 amide bonds. The number of hydrogen-bond acceptors (Lipinski definition) is 6. The van der Waals surface area contributed by atoms with Gasteiger partial charge in [0.25, 0.3) is 11.5 Å². The lowest BCUT2D eigenvalue weighted by Gasteiger charge is -2.13. The maximum atomic E-state index is 12.2. The van der Waals surface area contributed by atoms with Crippen LogP contribution in [0.25, 0.3) is 10.9 Å². The zero-order valence-electron chi connectivity index (χ0n) is 16.8. The quantitative estimate of drug-likeness (QED) is 0.554. The molecular weight excluding hydrogens is 386 g/mol. The van der Waals surface area contributed by atoms with Crippen LogP contribution in [-0.4, -0.2) is 35.1 Å². The highest BCUT2D eigenvalue weighted by atomic mass is 16.5. The van der Waals surface area contributed by atoms with E-state index in [1.54, 1.807) is 49.6 Å². The number of aromatic nitrogens is 2. The van der Waals surface area contributed by atoms with Gasteiger partial charge in [0.1, 0.15) is 11.6 Å². The third-order valence-electron chi connectivity index (χ3n) is 4.49. The van der Waals surface area contributed by atoms with Gasteiger partial charge in [0.15, 0.2) is 6.10 Å². The van der Waals surface area contributed by atoms with Crippen LogP contribution in [-0.2, 0) is 20.7 Å². The van der Waals surface area contributed by atoms with E-state index in [-0.39, 0.29) is 12.0 Å². The first-order chi connectivity index (χ1) is 14.5. The van der Waals surface area contributed by atoms with Crippen LogP contribution in [0.3, 0.4) is 0 Å². The molecule has 0 aliphatic rings. The van der Waals surface area contributed by atoms with E-state index in [0.29, 0.717) is 41.0 Å². The Kier molecular flexibility index (Phi) is 6.79. The number of esters is 1. The minimum Gasteiger partial charge on any atom is -0.497 e. The number of aromatic amines is 1. The number of methoxy groups -OCH3 is 1. The third kappa shape index (κ3) is 5.44. The molecule has 0 fully saturated rings. The molecule has 1 heterocycles. The van der Waals surface area contributed by atoms with Crippen molar-refractivity contribution < 1.29 is 19.1 Å². The topological polar surface area (TPSA) is 110 Å². The Morgan fingerprint density at radius 2 is 1.87 bits per heavy atom. The summed E-state index contributed by atoms with van der Waals surface area (Å²) in [6, 6.07) is 13.9. The smallest absolute Gasteiger partial charge is 0.306 e. The number of ether oxygens (including phenoxy) is 2. The van der Waals surface area contributed by atoms with Gasteiger partial charge >= 0.3 is 5.97 Å². The van der Waals surface area contributed by atoms with Crippen LogP contribution in [0.4, 0.5) is 5.69 Å². The second-order valence-electron chi connectivity index (χ2n) is 6.73. The van der Waals surface area contributed by atoms with Gasteiger partial charge in [-0.2, -0.15) is 0 Å². The van der Waals surface area contributed by atoms with Crippen molar-refractivity contribution in [2.75, 3.05) is 12.4 Å². The Hall–Kier alpha value is -3.68. The number of fused-ring (bicyclic) bond motifs is 1. The number of nitrogens with one attached hydrogen (secondary N) is 2. The van der Waals surface area contributed by atoms with Crippen molar-refractivity contribution >= 4 is 28.5 Å². The summed E-state index contributed by atoms with van der Waals surface area (Å²) in [7, 11) is 1.56. The minimum atomic E-state index is -0.932. The number of carbonyl (C=O) groups is 2. The standard InChI is InChI=1S/C22H23N3O5/c1-14(21(27)23-15-10-12-16(29-2)13-11-15)30-20(26)9-5-8-19-24-18-7-4-3-6-17(18)22(28)25-19/h3-4,6-7,10-14H,5,8-9H2,1-2H3,(H,23,27)(H,24,25,28)/t14-/m1/s1. The summed E-state index contributed by atoms with van der Waals surface area (Å²) < 4.78 is 10.3. The molecule has 0 aliphatic heterocycles. The average Bonchev–Trinajstić information content (AvgIpc) is 2.74. The molecular formula is C22H23N3O5. The summed E-state index contributed by atoms with van der Waals surface area (Å²) in [5, 5.41) is 3.21. The summed E-state index contributed by atoms with van der Waals surface area (Å²) in [5.41, 5.74) is 0.986. The van der Waals surface area contributed by atoms with Gasteiger partial charge in [-0.25, -0.2) is 4.98 Å². The fourth-order valence-electron chi connectivity index (χ4n) is 2.88. The molecule has 156 valence electrons. The fraction of sp³-hybridized carbons (Fsp3) is 0.273. The molecule has 3 aromatic rings. The van der Waals surface area contributed by atoms with Crippen molar-refractivity contribution in [2.45, 2.75) is 32.3 Å². The molecule has 1 atom stereocenters. The number of rotatable bonds is 8. The van der Waals surface area contributed by atoms with E-state index in [1.165, 1.54) is 6.92 Å². The van der Waals surface area contributed by atoms with Crippen molar-refractivity contribution in [1.82, 2.24) is 9.97 Å². The first kappa shape index (κ1) is 21.0. The van der Waals surface area contributed by atoms with Crippen molar-refractivity contribution in [3.63, 3.8) is 0 Å². The first-order valence-electron chi connectivity index (χ1n) is 9.58. The van der Waals surface area contributed by atoms with E-state index >= 15 is 0 Å². The van der Waals surface area contributed by atoms with Crippen molar-refractivity contribution in [1.29, 1.82) is 0 Å². The van der Waals surface area contributed by atoms with Gasteiger partial charge in [-0.15, -0.1) is 0 Å². The number of H-pyrrole nitrogens is 1. The molecule has 0 radical (unpaired) electrons. The Labute approximate surface area is 173 Å². The van der Waals surface area contributed by atoms with Gasteiger partial charge < -0.3 is 19.8 Å². The van der Waals surface area contributed by atoms with E-state index in [1.807, 2.05) is 6.07 Å². The predicted octanol–water partition coefficient (Wildman–Crippen LogP) is 2.82. The van der Waals surface area contributed by atoms with Gasteiger partial charge in [-0.3, -0.25) is 14.4 Å². The summed E-state index contributed by atoms with van der Waals surface area (Å²) in [6.07, 6.45) is 0.0313. The Bertz CT molecular complexity index is 1090. The van der Waals surface area contributed by atoms with Gasteiger partial charge in [0.05, 0.1) is 18.0 Å². The Balaban J connectivity index is 1.46.